The van der Waals surface area contributed by atoms with Gasteiger partial charge in [0.2, 0.25) is 5.95 Å². The van der Waals surface area contributed by atoms with Gasteiger partial charge in [-0.25, -0.2) is 4.98 Å². The molecule has 2 N–H and O–H groups in total. The van der Waals surface area contributed by atoms with Crippen LogP contribution in [0.2, 0.25) is 0 Å². The summed E-state index contributed by atoms with van der Waals surface area (Å²) in [6.45, 7) is 0.584. The van der Waals surface area contributed by atoms with Crippen molar-refractivity contribution in [3.8, 4) is 10.4 Å². The number of hydrogen-bond acceptors (Lipinski definition) is 6. The van der Waals surface area contributed by atoms with Gasteiger partial charge in [-0.05, 0) is 60.5 Å². The topological polar surface area (TPSA) is 109 Å². The summed E-state index contributed by atoms with van der Waals surface area (Å²) in [6, 6.07) is 22.5. The molecule has 0 aliphatic rings. The fourth-order valence-electron chi connectivity index (χ4n) is 4.49. The SMILES string of the molecule is CN(C(=O)c1ccccc1)c1ccc2c(c1)nc(NC(=O)c1ccc(-c3cn[nH]c3)s1)n2CCc1cccnc1. The standard InChI is InChI=1S/C30H25N7O2S/c1-36(29(39)21-7-3-2-4-8-21)23-9-10-25-24(16-23)34-30(37(25)15-13-20-6-5-14-31-17-20)35-28(38)27-12-11-26(40-27)22-18-32-33-19-22/h2-12,14,16-19H,13,15H2,1H3,(H,32,33)(H,34,35,38). The lowest BCUT2D eigenvalue weighted by Crippen LogP contribution is -2.26. The van der Waals surface area contributed by atoms with E-state index in [1.54, 1.807) is 48.7 Å². The van der Waals surface area contributed by atoms with Crippen LogP contribution in [0, 0.1) is 0 Å². The summed E-state index contributed by atoms with van der Waals surface area (Å²) in [6.07, 6.45) is 7.81. The van der Waals surface area contributed by atoms with Crippen molar-refractivity contribution in [2.75, 3.05) is 17.3 Å². The molecular weight excluding hydrogens is 522 g/mol. The Morgan fingerprint density at radius 3 is 2.67 bits per heavy atom. The first kappa shape index (κ1) is 25.2. The van der Waals surface area contributed by atoms with Gasteiger partial charge in [0.05, 0.1) is 22.1 Å². The lowest BCUT2D eigenvalue weighted by molar-refractivity contribution is 0.0991. The number of rotatable bonds is 8. The molecule has 9 nitrogen and oxygen atoms in total. The van der Waals surface area contributed by atoms with E-state index in [0.717, 1.165) is 21.5 Å². The van der Waals surface area contributed by atoms with Crippen LogP contribution in [-0.2, 0) is 13.0 Å². The lowest BCUT2D eigenvalue weighted by Gasteiger charge is -2.17. The summed E-state index contributed by atoms with van der Waals surface area (Å²) in [5.41, 5.74) is 4.85. The number of aromatic amines is 1. The third kappa shape index (κ3) is 5.12. The zero-order chi connectivity index (χ0) is 27.5. The summed E-state index contributed by atoms with van der Waals surface area (Å²) < 4.78 is 1.99. The fourth-order valence-corrected chi connectivity index (χ4v) is 5.37. The highest BCUT2D eigenvalue weighted by atomic mass is 32.1. The van der Waals surface area contributed by atoms with Crippen LogP contribution < -0.4 is 10.2 Å². The van der Waals surface area contributed by atoms with Gasteiger partial charge in [-0.3, -0.25) is 25.0 Å². The Labute approximate surface area is 234 Å². The molecule has 2 amide bonds. The monoisotopic (exact) mass is 547 g/mol. The number of aromatic nitrogens is 5. The van der Waals surface area contributed by atoms with E-state index in [1.165, 1.54) is 11.3 Å². The van der Waals surface area contributed by atoms with Gasteiger partial charge in [-0.1, -0.05) is 24.3 Å². The van der Waals surface area contributed by atoms with Crippen molar-refractivity contribution in [3.63, 3.8) is 0 Å². The number of thiophene rings is 1. The Balaban J connectivity index is 1.31. The van der Waals surface area contributed by atoms with Gasteiger partial charge in [0.1, 0.15) is 0 Å². The van der Waals surface area contributed by atoms with Crippen LogP contribution in [0.25, 0.3) is 21.5 Å². The van der Waals surface area contributed by atoms with Crippen molar-refractivity contribution >= 4 is 45.8 Å². The summed E-state index contributed by atoms with van der Waals surface area (Å²) >= 11 is 1.39. The summed E-state index contributed by atoms with van der Waals surface area (Å²) in [4.78, 5) is 38.4. The number of imidazole rings is 1. The van der Waals surface area contributed by atoms with Crippen molar-refractivity contribution in [1.82, 2.24) is 24.7 Å². The van der Waals surface area contributed by atoms with Gasteiger partial charge in [-0.2, -0.15) is 5.10 Å². The molecule has 4 heterocycles. The molecule has 6 aromatic rings. The number of benzene rings is 2. The average Bonchev–Trinajstić information content (AvgIpc) is 3.76. The van der Waals surface area contributed by atoms with Crippen LogP contribution in [-0.4, -0.2) is 43.6 Å². The molecule has 198 valence electrons. The van der Waals surface area contributed by atoms with Gasteiger partial charge in [0, 0.05) is 53.9 Å². The van der Waals surface area contributed by atoms with Crippen molar-refractivity contribution < 1.29 is 9.59 Å². The summed E-state index contributed by atoms with van der Waals surface area (Å²) in [5, 5.41) is 9.80. The maximum atomic E-state index is 13.3. The first-order chi connectivity index (χ1) is 19.6. The van der Waals surface area contributed by atoms with Crippen LogP contribution in [0.15, 0.2) is 97.6 Å². The van der Waals surface area contributed by atoms with Gasteiger partial charge >= 0.3 is 0 Å². The fraction of sp³-hybridized carbons (Fsp3) is 0.100. The highest BCUT2D eigenvalue weighted by Gasteiger charge is 2.19. The number of carbonyl (C=O) groups excluding carboxylic acids is 2. The van der Waals surface area contributed by atoms with E-state index in [-0.39, 0.29) is 11.8 Å². The molecule has 0 atom stereocenters. The molecule has 0 bridgehead atoms. The minimum absolute atomic E-state index is 0.115. The molecule has 0 radical (unpaired) electrons. The smallest absolute Gasteiger partial charge is 0.268 e. The first-order valence-corrected chi connectivity index (χ1v) is 13.5. The quantitative estimate of drug-likeness (QED) is 0.256. The molecule has 10 heteroatoms. The molecule has 40 heavy (non-hydrogen) atoms. The van der Waals surface area contributed by atoms with Crippen LogP contribution in [0.5, 0.6) is 0 Å². The van der Waals surface area contributed by atoms with E-state index in [0.29, 0.717) is 40.6 Å². The highest BCUT2D eigenvalue weighted by Crippen LogP contribution is 2.29. The molecule has 0 fully saturated rings. The number of hydrogen-bond donors (Lipinski definition) is 2. The predicted molar refractivity (Wildman–Crippen MR) is 157 cm³/mol. The van der Waals surface area contributed by atoms with Gasteiger partial charge < -0.3 is 9.47 Å². The first-order valence-electron chi connectivity index (χ1n) is 12.7. The second-order valence-electron chi connectivity index (χ2n) is 9.21. The van der Waals surface area contributed by atoms with Gasteiger partial charge in [0.25, 0.3) is 11.8 Å². The number of nitrogens with zero attached hydrogens (tertiary/aromatic N) is 5. The Kier molecular flexibility index (Phi) is 6.90. The van der Waals surface area contributed by atoms with Crippen molar-refractivity contribution in [1.29, 1.82) is 0 Å². The molecule has 0 aliphatic carbocycles. The Morgan fingerprint density at radius 2 is 1.90 bits per heavy atom. The number of pyridine rings is 1. The van der Waals surface area contributed by atoms with E-state index < -0.39 is 0 Å². The normalized spacial score (nSPS) is 11.0. The second kappa shape index (κ2) is 11.0. The van der Waals surface area contributed by atoms with E-state index in [2.05, 4.69) is 20.5 Å². The number of fused-ring (bicyclic) bond motifs is 1. The summed E-state index contributed by atoms with van der Waals surface area (Å²) in [5.74, 6) is 0.0845. The zero-order valence-electron chi connectivity index (χ0n) is 21.6. The van der Waals surface area contributed by atoms with Crippen LogP contribution in [0.3, 0.4) is 0 Å². The largest absolute Gasteiger partial charge is 0.311 e. The van der Waals surface area contributed by atoms with Crippen LogP contribution >= 0.6 is 11.3 Å². The molecule has 0 saturated heterocycles. The molecule has 2 aromatic carbocycles. The Morgan fingerprint density at radius 1 is 1.02 bits per heavy atom. The predicted octanol–water partition coefficient (Wildman–Crippen LogP) is 5.65. The molecular formula is C30H25N7O2S. The van der Waals surface area contributed by atoms with Crippen LogP contribution in [0.4, 0.5) is 11.6 Å². The Hall–Kier alpha value is -5.09. The highest BCUT2D eigenvalue weighted by molar-refractivity contribution is 7.17. The summed E-state index contributed by atoms with van der Waals surface area (Å²) in [7, 11) is 1.74. The van der Waals surface area contributed by atoms with Crippen LogP contribution in [0.1, 0.15) is 25.6 Å². The minimum Gasteiger partial charge on any atom is -0.311 e. The van der Waals surface area contributed by atoms with Crippen molar-refractivity contribution in [2.24, 2.45) is 0 Å². The lowest BCUT2D eigenvalue weighted by atomic mass is 10.2. The zero-order valence-corrected chi connectivity index (χ0v) is 22.4. The number of carbonyl (C=O) groups is 2. The number of anilines is 2. The number of H-pyrrole nitrogens is 1. The Bertz CT molecular complexity index is 1780. The molecule has 0 aliphatic heterocycles. The van der Waals surface area contributed by atoms with E-state index in [4.69, 9.17) is 4.98 Å². The molecule has 0 unspecified atom stereocenters. The maximum Gasteiger partial charge on any atom is 0.268 e. The van der Waals surface area contributed by atoms with Gasteiger partial charge in [0.15, 0.2) is 0 Å². The third-order valence-corrected chi connectivity index (χ3v) is 7.76. The molecule has 0 spiro atoms. The molecule has 4 aromatic heterocycles. The van der Waals surface area contributed by atoms with Crippen molar-refractivity contribution in [3.05, 3.63) is 114 Å². The minimum atomic E-state index is -0.241. The second-order valence-corrected chi connectivity index (χ2v) is 10.3. The molecule has 0 saturated carbocycles. The average molecular weight is 548 g/mol. The van der Waals surface area contributed by atoms with E-state index in [1.807, 2.05) is 65.4 Å². The van der Waals surface area contributed by atoms with E-state index >= 15 is 0 Å². The third-order valence-electron chi connectivity index (χ3n) is 6.63. The number of aryl methyl sites for hydroxylation is 2. The maximum absolute atomic E-state index is 13.3. The van der Waals surface area contributed by atoms with Gasteiger partial charge in [-0.15, -0.1) is 11.3 Å². The molecule has 6 rings (SSSR count). The van der Waals surface area contributed by atoms with E-state index in [9.17, 15) is 9.59 Å². The number of amides is 2. The number of nitrogens with one attached hydrogen (secondary N) is 2. The van der Waals surface area contributed by atoms with Crippen molar-refractivity contribution in [2.45, 2.75) is 13.0 Å².